The molecule has 0 fully saturated rings. The lowest BCUT2D eigenvalue weighted by molar-refractivity contribution is -0.148. The van der Waals surface area contributed by atoms with E-state index in [4.69, 9.17) is 16.3 Å². The van der Waals surface area contributed by atoms with Gasteiger partial charge in [0.15, 0.2) is 6.61 Å². The van der Waals surface area contributed by atoms with Crippen LogP contribution in [-0.4, -0.2) is 24.4 Å². The quantitative estimate of drug-likeness (QED) is 0.678. The summed E-state index contributed by atoms with van der Waals surface area (Å²) in [4.78, 5) is 35.9. The number of halogens is 1. The molecule has 0 aliphatic heterocycles. The maximum Gasteiger partial charge on any atom is 0.308 e. The molecule has 0 aromatic heterocycles. The second-order valence-electron chi connectivity index (χ2n) is 7.02. The van der Waals surface area contributed by atoms with Crippen LogP contribution in [0.4, 0.5) is 5.69 Å². The highest BCUT2D eigenvalue weighted by Gasteiger charge is 2.21. The van der Waals surface area contributed by atoms with Gasteiger partial charge in [-0.1, -0.05) is 35.9 Å². The van der Waals surface area contributed by atoms with Crippen molar-refractivity contribution in [3.8, 4) is 0 Å². The Bertz CT molecular complexity index is 929. The number of ether oxygens (including phenoxy) is 1. The zero-order valence-electron chi connectivity index (χ0n) is 16.2. The summed E-state index contributed by atoms with van der Waals surface area (Å²) >= 11 is 6.18. The highest BCUT2D eigenvalue weighted by Crippen LogP contribution is 2.26. The Balaban J connectivity index is 1.54. The maximum absolute atomic E-state index is 12.2. The number of benzene rings is 2. The maximum atomic E-state index is 12.2. The SMILES string of the molecule is CC(=O)N[C@H](CC(=O)OCC(=O)Nc1ccc2c(c1)CCC2)c1ccccc1Cl. The number of fused-ring (bicyclic) bond motifs is 1. The molecular formula is C22H23ClN2O4. The third-order valence-corrected chi connectivity index (χ3v) is 5.12. The molecule has 0 bridgehead atoms. The molecule has 2 N–H and O–H groups in total. The molecule has 2 amide bonds. The van der Waals surface area contributed by atoms with Gasteiger partial charge in [0.05, 0.1) is 12.5 Å². The fraction of sp³-hybridized carbons (Fsp3) is 0.318. The normalized spacial score (nSPS) is 13.3. The van der Waals surface area contributed by atoms with Gasteiger partial charge < -0.3 is 15.4 Å². The van der Waals surface area contributed by atoms with E-state index in [1.807, 2.05) is 18.2 Å². The minimum absolute atomic E-state index is 0.130. The summed E-state index contributed by atoms with van der Waals surface area (Å²) in [5.74, 6) is -1.31. The zero-order valence-corrected chi connectivity index (χ0v) is 16.9. The number of anilines is 1. The number of rotatable bonds is 7. The number of carbonyl (C=O) groups excluding carboxylic acids is 3. The summed E-state index contributed by atoms with van der Waals surface area (Å²) < 4.78 is 5.10. The van der Waals surface area contributed by atoms with Crippen molar-refractivity contribution >= 4 is 35.1 Å². The Morgan fingerprint density at radius 1 is 1.10 bits per heavy atom. The summed E-state index contributed by atoms with van der Waals surface area (Å²) in [6, 6.07) is 12.2. The minimum atomic E-state index is -0.631. The first-order valence-corrected chi connectivity index (χ1v) is 9.89. The molecule has 2 aromatic carbocycles. The Morgan fingerprint density at radius 3 is 2.62 bits per heavy atom. The predicted molar refractivity (Wildman–Crippen MR) is 111 cm³/mol. The van der Waals surface area contributed by atoms with E-state index in [2.05, 4.69) is 10.6 Å². The van der Waals surface area contributed by atoms with Crippen molar-refractivity contribution in [1.82, 2.24) is 5.32 Å². The molecule has 0 saturated heterocycles. The zero-order chi connectivity index (χ0) is 20.8. The van der Waals surface area contributed by atoms with Crippen molar-refractivity contribution in [3.05, 3.63) is 64.2 Å². The molecule has 152 valence electrons. The molecular weight excluding hydrogens is 392 g/mol. The van der Waals surface area contributed by atoms with E-state index in [0.29, 0.717) is 16.3 Å². The summed E-state index contributed by atoms with van der Waals surface area (Å²) in [5.41, 5.74) is 3.87. The van der Waals surface area contributed by atoms with Crippen LogP contribution in [-0.2, 0) is 32.0 Å². The lowest BCUT2D eigenvalue weighted by atomic mass is 10.0. The highest BCUT2D eigenvalue weighted by molar-refractivity contribution is 6.31. The van der Waals surface area contributed by atoms with Gasteiger partial charge in [0, 0.05) is 17.6 Å². The van der Waals surface area contributed by atoms with E-state index in [1.54, 1.807) is 24.3 Å². The van der Waals surface area contributed by atoms with Gasteiger partial charge in [-0.2, -0.15) is 0 Å². The van der Waals surface area contributed by atoms with Crippen molar-refractivity contribution in [2.75, 3.05) is 11.9 Å². The average molecular weight is 415 g/mol. The molecule has 0 saturated carbocycles. The lowest BCUT2D eigenvalue weighted by Crippen LogP contribution is -2.29. The fourth-order valence-corrected chi connectivity index (χ4v) is 3.73. The van der Waals surface area contributed by atoms with Crippen molar-refractivity contribution in [2.24, 2.45) is 0 Å². The summed E-state index contributed by atoms with van der Waals surface area (Å²) in [5, 5.41) is 5.88. The first-order chi connectivity index (χ1) is 13.9. The Morgan fingerprint density at radius 2 is 1.86 bits per heavy atom. The van der Waals surface area contributed by atoms with E-state index in [1.165, 1.54) is 18.1 Å². The molecule has 2 aromatic rings. The molecule has 1 atom stereocenters. The Labute approximate surface area is 174 Å². The Kier molecular flexibility index (Phi) is 6.88. The number of nitrogens with one attached hydrogen (secondary N) is 2. The predicted octanol–water partition coefficient (Wildman–Crippen LogP) is 3.58. The van der Waals surface area contributed by atoms with E-state index in [9.17, 15) is 14.4 Å². The number of hydrogen-bond donors (Lipinski definition) is 2. The fourth-order valence-electron chi connectivity index (χ4n) is 3.46. The molecule has 0 radical (unpaired) electrons. The number of esters is 1. The molecule has 0 heterocycles. The van der Waals surface area contributed by atoms with Gasteiger partial charge in [0.2, 0.25) is 5.91 Å². The van der Waals surface area contributed by atoms with Crippen LogP contribution in [0.15, 0.2) is 42.5 Å². The van der Waals surface area contributed by atoms with Crippen LogP contribution >= 0.6 is 11.6 Å². The number of aryl methyl sites for hydroxylation is 2. The number of hydrogen-bond acceptors (Lipinski definition) is 4. The first-order valence-electron chi connectivity index (χ1n) is 9.51. The van der Waals surface area contributed by atoms with Crippen molar-refractivity contribution in [3.63, 3.8) is 0 Å². The van der Waals surface area contributed by atoms with Gasteiger partial charge >= 0.3 is 5.97 Å². The highest BCUT2D eigenvalue weighted by atomic mass is 35.5. The molecule has 3 rings (SSSR count). The van der Waals surface area contributed by atoms with Crippen LogP contribution in [0, 0.1) is 0 Å². The molecule has 7 heteroatoms. The molecule has 1 aliphatic carbocycles. The van der Waals surface area contributed by atoms with Crippen molar-refractivity contribution in [1.29, 1.82) is 0 Å². The smallest absolute Gasteiger partial charge is 0.308 e. The summed E-state index contributed by atoms with van der Waals surface area (Å²) in [7, 11) is 0. The van der Waals surface area contributed by atoms with Gasteiger partial charge in [-0.25, -0.2) is 0 Å². The number of carbonyl (C=O) groups is 3. The standard InChI is InChI=1S/C22H23ClN2O4/c1-14(26)24-20(18-7-2-3-8-19(18)23)12-22(28)29-13-21(27)25-17-10-9-15-5-4-6-16(15)11-17/h2-3,7-11,20H,4-6,12-13H2,1H3,(H,24,26)(H,25,27)/t20-/m1/s1. The van der Waals surface area contributed by atoms with E-state index >= 15 is 0 Å². The minimum Gasteiger partial charge on any atom is -0.455 e. The van der Waals surface area contributed by atoms with Gasteiger partial charge in [-0.3, -0.25) is 14.4 Å². The average Bonchev–Trinajstić information content (AvgIpc) is 3.14. The van der Waals surface area contributed by atoms with E-state index in [0.717, 1.165) is 19.3 Å². The van der Waals surface area contributed by atoms with Gasteiger partial charge in [-0.05, 0) is 54.2 Å². The monoisotopic (exact) mass is 414 g/mol. The Hall–Kier alpha value is -2.86. The van der Waals surface area contributed by atoms with Crippen LogP contribution in [0.3, 0.4) is 0 Å². The van der Waals surface area contributed by atoms with Crippen molar-refractivity contribution < 1.29 is 19.1 Å². The first kappa shape index (κ1) is 20.9. The lowest BCUT2D eigenvalue weighted by Gasteiger charge is -2.18. The van der Waals surface area contributed by atoms with Gasteiger partial charge in [0.25, 0.3) is 5.91 Å². The van der Waals surface area contributed by atoms with Gasteiger partial charge in [-0.15, -0.1) is 0 Å². The van der Waals surface area contributed by atoms with Crippen molar-refractivity contribution in [2.45, 2.75) is 38.6 Å². The van der Waals surface area contributed by atoms with Crippen LogP contribution in [0.1, 0.15) is 42.5 Å². The molecule has 0 spiro atoms. The van der Waals surface area contributed by atoms with E-state index in [-0.39, 0.29) is 12.3 Å². The third kappa shape index (κ3) is 5.81. The second-order valence-corrected chi connectivity index (χ2v) is 7.43. The molecule has 0 unspecified atom stereocenters. The largest absolute Gasteiger partial charge is 0.455 e. The third-order valence-electron chi connectivity index (χ3n) is 4.78. The van der Waals surface area contributed by atoms with Crippen LogP contribution < -0.4 is 10.6 Å². The molecule has 29 heavy (non-hydrogen) atoms. The topological polar surface area (TPSA) is 84.5 Å². The molecule has 1 aliphatic rings. The second kappa shape index (κ2) is 9.56. The van der Waals surface area contributed by atoms with Crippen LogP contribution in [0.5, 0.6) is 0 Å². The summed E-state index contributed by atoms with van der Waals surface area (Å²) in [6.07, 6.45) is 3.09. The van der Waals surface area contributed by atoms with Gasteiger partial charge in [0.1, 0.15) is 0 Å². The summed E-state index contributed by atoms with van der Waals surface area (Å²) in [6.45, 7) is 0.963. The van der Waals surface area contributed by atoms with Crippen LogP contribution in [0.25, 0.3) is 0 Å². The number of amides is 2. The van der Waals surface area contributed by atoms with E-state index < -0.39 is 24.5 Å². The molecule has 6 nitrogen and oxygen atoms in total. The van der Waals surface area contributed by atoms with Crippen LogP contribution in [0.2, 0.25) is 5.02 Å².